The van der Waals surface area contributed by atoms with E-state index >= 15 is 0 Å². The van der Waals surface area contributed by atoms with Crippen LogP contribution in [0.2, 0.25) is 0 Å². The minimum absolute atomic E-state index is 0.190. The maximum Gasteiger partial charge on any atom is 0.324 e. The molecule has 1 heterocycles. The fraction of sp³-hybridized carbons (Fsp3) is 0.214. The number of amides is 2. The number of nitrogens with zero attached hydrogens (tertiary/aromatic N) is 1. The van der Waals surface area contributed by atoms with Crippen LogP contribution in [0.15, 0.2) is 41.2 Å². The molecule has 110 valence electrons. The molecule has 0 fully saturated rings. The second kappa shape index (κ2) is 6.67. The molecular weight excluding hydrogens is 270 g/mol. The van der Waals surface area contributed by atoms with Gasteiger partial charge in [0.05, 0.1) is 0 Å². The summed E-state index contributed by atoms with van der Waals surface area (Å²) in [6, 6.07) is 10.0. The highest BCUT2D eigenvalue weighted by atomic mass is 16.2. The summed E-state index contributed by atoms with van der Waals surface area (Å²) >= 11 is 0. The predicted molar refractivity (Wildman–Crippen MR) is 81.4 cm³/mol. The third-order valence-electron chi connectivity index (χ3n) is 3.00. The molecule has 21 heavy (non-hydrogen) atoms. The molecule has 2 aromatic rings. The molecule has 2 rings (SSSR count). The fourth-order valence-electron chi connectivity index (χ4n) is 1.75. The molecule has 1 unspecified atom stereocenters. The van der Waals surface area contributed by atoms with Crippen molar-refractivity contribution in [1.29, 1.82) is 0 Å². The van der Waals surface area contributed by atoms with Gasteiger partial charge < -0.3 is 10.6 Å². The van der Waals surface area contributed by atoms with Gasteiger partial charge in [-0.25, -0.2) is 9.89 Å². The number of anilines is 2. The molecular formula is C14H17N5O2. The highest BCUT2D eigenvalue weighted by Crippen LogP contribution is 2.17. The molecule has 7 nitrogen and oxygen atoms in total. The first-order valence-corrected chi connectivity index (χ1v) is 6.49. The van der Waals surface area contributed by atoms with E-state index in [1.165, 1.54) is 12.1 Å². The van der Waals surface area contributed by atoms with Gasteiger partial charge in [0.15, 0.2) is 5.82 Å². The average molecular weight is 287 g/mol. The Labute approximate surface area is 121 Å². The summed E-state index contributed by atoms with van der Waals surface area (Å²) in [6.07, 6.45) is 0. The highest BCUT2D eigenvalue weighted by Gasteiger charge is 2.06. The Morgan fingerprint density at radius 3 is 2.71 bits per heavy atom. The summed E-state index contributed by atoms with van der Waals surface area (Å²) in [4.78, 5) is 22.7. The van der Waals surface area contributed by atoms with Gasteiger partial charge >= 0.3 is 6.03 Å². The normalized spacial score (nSPS) is 11.7. The summed E-state index contributed by atoms with van der Waals surface area (Å²) < 4.78 is 0. The molecule has 2 amide bonds. The Morgan fingerprint density at radius 2 is 2.05 bits per heavy atom. The van der Waals surface area contributed by atoms with Crippen LogP contribution in [0.3, 0.4) is 0 Å². The smallest absolute Gasteiger partial charge is 0.313 e. The van der Waals surface area contributed by atoms with Crippen LogP contribution in [0.5, 0.6) is 0 Å². The number of nitrogens with one attached hydrogen (secondary N) is 4. The van der Waals surface area contributed by atoms with Gasteiger partial charge in [-0.05, 0) is 37.7 Å². The lowest BCUT2D eigenvalue weighted by molar-refractivity contribution is 0.262. The van der Waals surface area contributed by atoms with Crippen LogP contribution in [-0.2, 0) is 0 Å². The SMILES string of the molecule is CNC(C)c1cccc(NC(=O)Nc2ccc(=O)[nH]n2)c1. The van der Waals surface area contributed by atoms with E-state index < -0.39 is 6.03 Å². The van der Waals surface area contributed by atoms with E-state index in [-0.39, 0.29) is 17.4 Å². The molecule has 0 aliphatic rings. The van der Waals surface area contributed by atoms with Gasteiger partial charge in [-0.2, -0.15) is 5.10 Å². The van der Waals surface area contributed by atoms with Crippen LogP contribution in [0.1, 0.15) is 18.5 Å². The minimum atomic E-state index is -0.427. The van der Waals surface area contributed by atoms with E-state index in [2.05, 4.69) is 26.1 Å². The number of aromatic amines is 1. The van der Waals surface area contributed by atoms with Crippen LogP contribution >= 0.6 is 0 Å². The van der Waals surface area contributed by atoms with Gasteiger partial charge in [-0.15, -0.1) is 0 Å². The van der Waals surface area contributed by atoms with Crippen molar-refractivity contribution in [2.75, 3.05) is 17.7 Å². The lowest BCUT2D eigenvalue weighted by Gasteiger charge is -2.12. The second-order valence-corrected chi connectivity index (χ2v) is 4.52. The zero-order valence-corrected chi connectivity index (χ0v) is 11.8. The third kappa shape index (κ3) is 4.15. The Morgan fingerprint density at radius 1 is 1.24 bits per heavy atom. The van der Waals surface area contributed by atoms with Crippen LogP contribution in [0, 0.1) is 0 Å². The number of aromatic nitrogens is 2. The van der Waals surface area contributed by atoms with Crippen LogP contribution in [-0.4, -0.2) is 23.3 Å². The topological polar surface area (TPSA) is 98.9 Å². The number of hydrogen-bond donors (Lipinski definition) is 4. The van der Waals surface area contributed by atoms with Crippen molar-refractivity contribution in [1.82, 2.24) is 15.5 Å². The maximum absolute atomic E-state index is 11.8. The van der Waals surface area contributed by atoms with Crippen molar-refractivity contribution in [2.24, 2.45) is 0 Å². The quantitative estimate of drug-likeness (QED) is 0.687. The predicted octanol–water partition coefficient (Wildman–Crippen LogP) is 1.69. The Bertz CT molecular complexity index is 663. The minimum Gasteiger partial charge on any atom is -0.313 e. The zero-order chi connectivity index (χ0) is 15.2. The van der Waals surface area contributed by atoms with Gasteiger partial charge in [0, 0.05) is 17.8 Å². The molecule has 1 aromatic heterocycles. The molecule has 0 bridgehead atoms. The average Bonchev–Trinajstić information content (AvgIpc) is 2.49. The zero-order valence-electron chi connectivity index (χ0n) is 11.8. The van der Waals surface area contributed by atoms with Gasteiger partial charge in [-0.1, -0.05) is 12.1 Å². The number of hydrogen-bond acceptors (Lipinski definition) is 4. The van der Waals surface area contributed by atoms with Crippen molar-refractivity contribution >= 4 is 17.5 Å². The monoisotopic (exact) mass is 287 g/mol. The summed E-state index contributed by atoms with van der Waals surface area (Å²) in [5.41, 5.74) is 1.42. The van der Waals surface area contributed by atoms with Crippen LogP contribution < -0.4 is 21.5 Å². The molecule has 0 aliphatic heterocycles. The standard InChI is InChI=1S/C14H17N5O2/c1-9(15-2)10-4-3-5-11(8-10)16-14(21)17-12-6-7-13(20)19-18-12/h3-9,15H,1-2H3,(H,19,20)(H2,16,17,18,21). The van der Waals surface area contributed by atoms with E-state index in [4.69, 9.17) is 0 Å². The van der Waals surface area contributed by atoms with Crippen LogP contribution in [0.25, 0.3) is 0 Å². The molecule has 7 heteroatoms. The van der Waals surface area contributed by atoms with E-state index in [1.54, 1.807) is 6.07 Å². The number of carbonyl (C=O) groups is 1. The maximum atomic E-state index is 11.8. The fourth-order valence-corrected chi connectivity index (χ4v) is 1.75. The van der Waals surface area contributed by atoms with E-state index in [1.807, 2.05) is 32.2 Å². The molecule has 0 radical (unpaired) electrons. The molecule has 4 N–H and O–H groups in total. The first-order chi connectivity index (χ1) is 10.1. The molecule has 0 aliphatic carbocycles. The number of carbonyl (C=O) groups excluding carboxylic acids is 1. The first-order valence-electron chi connectivity index (χ1n) is 6.49. The molecule has 1 atom stereocenters. The molecule has 1 aromatic carbocycles. The van der Waals surface area contributed by atoms with E-state index in [0.717, 1.165) is 5.56 Å². The van der Waals surface area contributed by atoms with E-state index in [9.17, 15) is 9.59 Å². The number of urea groups is 1. The lowest BCUT2D eigenvalue weighted by atomic mass is 10.1. The largest absolute Gasteiger partial charge is 0.324 e. The van der Waals surface area contributed by atoms with Gasteiger partial charge in [0.1, 0.15) is 0 Å². The third-order valence-corrected chi connectivity index (χ3v) is 3.00. The van der Waals surface area contributed by atoms with E-state index in [0.29, 0.717) is 5.69 Å². The van der Waals surface area contributed by atoms with Crippen molar-refractivity contribution in [3.8, 4) is 0 Å². The Kier molecular flexibility index (Phi) is 4.68. The molecule has 0 spiro atoms. The number of H-pyrrole nitrogens is 1. The number of rotatable bonds is 4. The second-order valence-electron chi connectivity index (χ2n) is 4.52. The summed E-state index contributed by atoms with van der Waals surface area (Å²) in [5, 5.41) is 14.3. The van der Waals surface area contributed by atoms with Crippen molar-refractivity contribution in [3.63, 3.8) is 0 Å². The van der Waals surface area contributed by atoms with Crippen molar-refractivity contribution in [2.45, 2.75) is 13.0 Å². The lowest BCUT2D eigenvalue weighted by Crippen LogP contribution is -2.21. The first kappa shape index (κ1) is 14.7. The number of benzene rings is 1. The van der Waals surface area contributed by atoms with Gasteiger partial charge in [0.2, 0.25) is 0 Å². The molecule has 0 saturated carbocycles. The summed E-state index contributed by atoms with van der Waals surface area (Å²) in [6.45, 7) is 2.03. The Hall–Kier alpha value is -2.67. The highest BCUT2D eigenvalue weighted by molar-refractivity contribution is 5.99. The Balaban J connectivity index is 2.02. The van der Waals surface area contributed by atoms with Crippen molar-refractivity contribution < 1.29 is 4.79 Å². The van der Waals surface area contributed by atoms with Crippen LogP contribution in [0.4, 0.5) is 16.3 Å². The molecule has 0 saturated heterocycles. The summed E-state index contributed by atoms with van der Waals surface area (Å²) in [7, 11) is 1.87. The summed E-state index contributed by atoms with van der Waals surface area (Å²) in [5.74, 6) is 0.270. The van der Waals surface area contributed by atoms with Gasteiger partial charge in [-0.3, -0.25) is 10.1 Å². The van der Waals surface area contributed by atoms with Crippen molar-refractivity contribution in [3.05, 3.63) is 52.3 Å². The van der Waals surface area contributed by atoms with Gasteiger partial charge in [0.25, 0.3) is 5.56 Å².